The number of rotatable bonds is 2. The van der Waals surface area contributed by atoms with E-state index < -0.39 is 17.7 Å². The predicted octanol–water partition coefficient (Wildman–Crippen LogP) is 5.76. The molecule has 3 nitrogen and oxygen atoms in total. The van der Waals surface area contributed by atoms with Gasteiger partial charge in [-0.1, -0.05) is 54.1 Å². The van der Waals surface area contributed by atoms with Gasteiger partial charge in [0.05, 0.1) is 5.69 Å². The van der Waals surface area contributed by atoms with Crippen LogP contribution in [0, 0.1) is 12.7 Å². The molecule has 7 heteroatoms. The van der Waals surface area contributed by atoms with Gasteiger partial charge in [0.2, 0.25) is 0 Å². The van der Waals surface area contributed by atoms with Gasteiger partial charge in [-0.3, -0.25) is 5.10 Å². The molecule has 136 valence electrons. The van der Waals surface area contributed by atoms with Crippen LogP contribution in [0.2, 0.25) is 0 Å². The number of aryl methyl sites for hydroxylation is 1. The van der Waals surface area contributed by atoms with E-state index in [1.807, 2.05) is 24.2 Å². The van der Waals surface area contributed by atoms with E-state index in [4.69, 9.17) is 0 Å². The fourth-order valence-electron chi connectivity index (χ4n) is 2.92. The molecule has 0 bridgehead atoms. The molecule has 0 aliphatic rings. The minimum atomic E-state index is -4.55. The molecule has 0 saturated heterocycles. The Morgan fingerprint density at radius 1 is 0.889 bits per heavy atom. The summed E-state index contributed by atoms with van der Waals surface area (Å²) in [5, 5.41) is 6.40. The van der Waals surface area contributed by atoms with Crippen LogP contribution in [0.5, 0.6) is 0 Å². The van der Waals surface area contributed by atoms with Crippen LogP contribution in [0.1, 0.15) is 11.3 Å². The summed E-state index contributed by atoms with van der Waals surface area (Å²) in [6, 6.07) is 14.5. The zero-order valence-corrected chi connectivity index (χ0v) is 14.1. The van der Waals surface area contributed by atoms with Crippen molar-refractivity contribution in [3.05, 3.63) is 71.7 Å². The summed E-state index contributed by atoms with van der Waals surface area (Å²) in [5.74, 6) is -0.523. The van der Waals surface area contributed by atoms with Crippen molar-refractivity contribution in [3.63, 3.8) is 0 Å². The number of hydrogen-bond acceptors (Lipinski definition) is 2. The molecule has 0 fully saturated rings. The van der Waals surface area contributed by atoms with Gasteiger partial charge in [0.1, 0.15) is 17.1 Å². The maximum absolute atomic E-state index is 15.1. The Bertz CT molecular complexity index is 1130. The average molecular weight is 371 g/mol. The van der Waals surface area contributed by atoms with E-state index in [1.54, 1.807) is 36.4 Å². The maximum atomic E-state index is 15.1. The van der Waals surface area contributed by atoms with Crippen molar-refractivity contribution >= 4 is 10.8 Å². The summed E-state index contributed by atoms with van der Waals surface area (Å²) < 4.78 is 53.9. The number of benzene rings is 2. The lowest BCUT2D eigenvalue weighted by atomic mass is 10.0. The van der Waals surface area contributed by atoms with Crippen LogP contribution in [0.4, 0.5) is 17.6 Å². The highest BCUT2D eigenvalue weighted by Crippen LogP contribution is 2.35. The normalized spacial score (nSPS) is 11.9. The third-order valence-corrected chi connectivity index (χ3v) is 4.30. The molecule has 0 aliphatic heterocycles. The first-order valence-electron chi connectivity index (χ1n) is 8.13. The number of fused-ring (bicyclic) bond motifs is 1. The SMILES string of the molecule is Cc1ccc(-c2nc(-c3cc(C(F)(F)F)[nH]n3)c3ccccc3c2F)cc1. The van der Waals surface area contributed by atoms with E-state index in [0.717, 1.165) is 11.6 Å². The standard InChI is InChI=1S/C20H13F4N3/c1-11-6-8-12(9-7-11)18-17(21)13-4-2-3-5-14(13)19(25-18)15-10-16(27-26-15)20(22,23)24/h2-10H,1H3,(H,26,27). The number of hydrogen-bond donors (Lipinski definition) is 1. The molecule has 0 amide bonds. The van der Waals surface area contributed by atoms with E-state index >= 15 is 4.39 Å². The molecule has 0 spiro atoms. The molecule has 2 aromatic heterocycles. The lowest BCUT2D eigenvalue weighted by Gasteiger charge is -2.10. The monoisotopic (exact) mass is 371 g/mol. The minimum absolute atomic E-state index is 0.00638. The molecular formula is C20H13F4N3. The number of pyridine rings is 1. The highest BCUT2D eigenvalue weighted by molar-refractivity contribution is 5.96. The predicted molar refractivity (Wildman–Crippen MR) is 94.5 cm³/mol. The van der Waals surface area contributed by atoms with Gasteiger partial charge in [0.25, 0.3) is 0 Å². The third-order valence-electron chi connectivity index (χ3n) is 4.30. The first-order chi connectivity index (χ1) is 12.8. The lowest BCUT2D eigenvalue weighted by molar-refractivity contribution is -0.141. The quantitative estimate of drug-likeness (QED) is 0.455. The first kappa shape index (κ1) is 17.2. The van der Waals surface area contributed by atoms with Crippen LogP contribution in [0.25, 0.3) is 33.4 Å². The summed E-state index contributed by atoms with van der Waals surface area (Å²) >= 11 is 0. The fourth-order valence-corrected chi connectivity index (χ4v) is 2.92. The van der Waals surface area contributed by atoms with Crippen molar-refractivity contribution in [3.8, 4) is 22.6 Å². The van der Waals surface area contributed by atoms with Crippen molar-refractivity contribution in [1.29, 1.82) is 0 Å². The fraction of sp³-hybridized carbons (Fsp3) is 0.100. The molecule has 1 N–H and O–H groups in total. The number of halogens is 4. The molecule has 0 unspecified atom stereocenters. The number of aromatic amines is 1. The average Bonchev–Trinajstić information content (AvgIpc) is 3.14. The molecule has 4 aromatic rings. The van der Waals surface area contributed by atoms with E-state index in [1.165, 1.54) is 0 Å². The molecule has 0 radical (unpaired) electrons. The van der Waals surface area contributed by atoms with Gasteiger partial charge in [-0.25, -0.2) is 9.37 Å². The number of nitrogens with one attached hydrogen (secondary N) is 1. The Balaban J connectivity index is 1.98. The van der Waals surface area contributed by atoms with Crippen molar-refractivity contribution in [2.45, 2.75) is 13.1 Å². The number of nitrogens with zero attached hydrogens (tertiary/aromatic N) is 2. The second-order valence-corrected chi connectivity index (χ2v) is 6.20. The first-order valence-corrected chi connectivity index (χ1v) is 8.13. The second kappa shape index (κ2) is 6.19. The van der Waals surface area contributed by atoms with Crippen LogP contribution in [-0.4, -0.2) is 15.2 Å². The van der Waals surface area contributed by atoms with Crippen LogP contribution in [-0.2, 0) is 6.18 Å². The summed E-state index contributed by atoms with van der Waals surface area (Å²) in [7, 11) is 0. The van der Waals surface area contributed by atoms with Gasteiger partial charge in [-0.05, 0) is 13.0 Å². The highest BCUT2D eigenvalue weighted by atomic mass is 19.4. The summed E-state index contributed by atoms with van der Waals surface area (Å²) in [6.45, 7) is 1.90. The third kappa shape index (κ3) is 3.05. The van der Waals surface area contributed by atoms with Crippen molar-refractivity contribution in [1.82, 2.24) is 15.2 Å². The Hall–Kier alpha value is -3.22. The second-order valence-electron chi connectivity index (χ2n) is 6.20. The summed E-state index contributed by atoms with van der Waals surface area (Å²) in [6.07, 6.45) is -4.55. The molecule has 0 atom stereocenters. The zero-order chi connectivity index (χ0) is 19.2. The summed E-state index contributed by atoms with van der Waals surface area (Å²) in [4.78, 5) is 4.34. The van der Waals surface area contributed by atoms with E-state index in [9.17, 15) is 13.2 Å². The minimum Gasteiger partial charge on any atom is -0.273 e. The van der Waals surface area contributed by atoms with Gasteiger partial charge in [0, 0.05) is 16.3 Å². The molecule has 0 saturated carbocycles. The molecule has 0 aliphatic carbocycles. The number of alkyl halides is 3. The van der Waals surface area contributed by atoms with E-state index in [0.29, 0.717) is 10.9 Å². The van der Waals surface area contributed by atoms with Crippen molar-refractivity contribution < 1.29 is 17.6 Å². The van der Waals surface area contributed by atoms with Gasteiger partial charge in [-0.2, -0.15) is 18.3 Å². The zero-order valence-electron chi connectivity index (χ0n) is 14.1. The van der Waals surface area contributed by atoms with Gasteiger partial charge >= 0.3 is 6.18 Å². The summed E-state index contributed by atoms with van der Waals surface area (Å²) in [5.41, 5.74) is 0.824. The van der Waals surface area contributed by atoms with Gasteiger partial charge in [-0.15, -0.1) is 0 Å². The van der Waals surface area contributed by atoms with Crippen molar-refractivity contribution in [2.75, 3.05) is 0 Å². The molecule has 4 rings (SSSR count). The Labute approximate surface area is 151 Å². The number of H-pyrrole nitrogens is 1. The Morgan fingerprint density at radius 3 is 2.19 bits per heavy atom. The topological polar surface area (TPSA) is 41.6 Å². The Kier molecular flexibility index (Phi) is 3.95. The smallest absolute Gasteiger partial charge is 0.273 e. The van der Waals surface area contributed by atoms with Gasteiger partial charge < -0.3 is 0 Å². The van der Waals surface area contributed by atoms with Gasteiger partial charge in [0.15, 0.2) is 5.82 Å². The lowest BCUT2D eigenvalue weighted by Crippen LogP contribution is -2.04. The molecule has 2 heterocycles. The van der Waals surface area contributed by atoms with Crippen LogP contribution >= 0.6 is 0 Å². The van der Waals surface area contributed by atoms with E-state index in [-0.39, 0.29) is 22.5 Å². The van der Waals surface area contributed by atoms with Crippen molar-refractivity contribution in [2.24, 2.45) is 0 Å². The van der Waals surface area contributed by atoms with Crippen LogP contribution in [0.3, 0.4) is 0 Å². The number of aromatic nitrogens is 3. The maximum Gasteiger partial charge on any atom is 0.432 e. The largest absolute Gasteiger partial charge is 0.432 e. The van der Waals surface area contributed by atoms with E-state index in [2.05, 4.69) is 10.1 Å². The molecule has 2 aromatic carbocycles. The highest BCUT2D eigenvalue weighted by Gasteiger charge is 2.33. The van der Waals surface area contributed by atoms with Crippen LogP contribution < -0.4 is 0 Å². The molecular weight excluding hydrogens is 358 g/mol. The van der Waals surface area contributed by atoms with Crippen LogP contribution in [0.15, 0.2) is 54.6 Å². The Morgan fingerprint density at radius 2 is 1.56 bits per heavy atom. The molecule has 27 heavy (non-hydrogen) atoms.